The molecule has 1 fully saturated rings. The number of hydrogen-bond acceptors (Lipinski definition) is 4. The van der Waals surface area contributed by atoms with E-state index in [-0.39, 0.29) is 5.91 Å². The molecule has 110 valence electrons. The molecule has 0 unspecified atom stereocenters. The predicted molar refractivity (Wildman–Crippen MR) is 79.3 cm³/mol. The Hall–Kier alpha value is -0.750. The highest BCUT2D eigenvalue weighted by Crippen LogP contribution is 2.01. The Morgan fingerprint density at radius 2 is 2.05 bits per heavy atom. The second-order valence-electron chi connectivity index (χ2n) is 4.71. The SMILES string of the molecule is CSCCCCCNC(=O)C(=O)N1CCCNCC1. The molecule has 0 aromatic rings. The molecule has 1 saturated heterocycles. The van der Waals surface area contributed by atoms with Crippen molar-refractivity contribution in [2.75, 3.05) is 44.7 Å². The first-order chi connectivity index (χ1) is 9.25. The minimum Gasteiger partial charge on any atom is -0.348 e. The Bertz CT molecular complexity index is 279. The van der Waals surface area contributed by atoms with E-state index in [1.807, 2.05) is 11.8 Å². The van der Waals surface area contributed by atoms with Crippen LogP contribution in [0.15, 0.2) is 0 Å². The number of rotatable bonds is 6. The fourth-order valence-corrected chi connectivity index (χ4v) is 2.51. The van der Waals surface area contributed by atoms with E-state index >= 15 is 0 Å². The molecule has 1 aliphatic rings. The van der Waals surface area contributed by atoms with Crippen LogP contribution >= 0.6 is 11.8 Å². The second-order valence-corrected chi connectivity index (χ2v) is 5.69. The Morgan fingerprint density at radius 3 is 2.84 bits per heavy atom. The number of thioether (sulfide) groups is 1. The van der Waals surface area contributed by atoms with Gasteiger partial charge in [0.05, 0.1) is 0 Å². The number of amides is 2. The quantitative estimate of drug-likeness (QED) is 0.550. The lowest BCUT2D eigenvalue weighted by molar-refractivity contribution is -0.145. The largest absolute Gasteiger partial charge is 0.348 e. The first-order valence-corrected chi connectivity index (χ1v) is 8.42. The van der Waals surface area contributed by atoms with Crippen molar-refractivity contribution in [3.63, 3.8) is 0 Å². The van der Waals surface area contributed by atoms with Crippen LogP contribution < -0.4 is 10.6 Å². The van der Waals surface area contributed by atoms with Crippen molar-refractivity contribution >= 4 is 23.6 Å². The summed E-state index contributed by atoms with van der Waals surface area (Å²) in [6.07, 6.45) is 6.22. The molecule has 1 aliphatic heterocycles. The van der Waals surface area contributed by atoms with Crippen molar-refractivity contribution in [3.8, 4) is 0 Å². The molecule has 5 nitrogen and oxygen atoms in total. The van der Waals surface area contributed by atoms with Crippen LogP contribution in [0.2, 0.25) is 0 Å². The molecule has 1 rings (SSSR count). The summed E-state index contributed by atoms with van der Waals surface area (Å²) in [6, 6.07) is 0. The lowest BCUT2D eigenvalue weighted by Gasteiger charge is -2.19. The zero-order valence-corrected chi connectivity index (χ0v) is 12.6. The Balaban J connectivity index is 2.15. The summed E-state index contributed by atoms with van der Waals surface area (Å²) in [4.78, 5) is 25.3. The molecule has 19 heavy (non-hydrogen) atoms. The number of nitrogens with zero attached hydrogens (tertiary/aromatic N) is 1. The van der Waals surface area contributed by atoms with Gasteiger partial charge in [-0.05, 0) is 37.8 Å². The number of carbonyl (C=O) groups is 2. The van der Waals surface area contributed by atoms with E-state index in [1.54, 1.807) is 4.90 Å². The number of unbranched alkanes of at least 4 members (excludes halogenated alkanes) is 2. The molecule has 0 atom stereocenters. The van der Waals surface area contributed by atoms with Crippen LogP contribution in [0.25, 0.3) is 0 Å². The Morgan fingerprint density at radius 1 is 1.21 bits per heavy atom. The van der Waals surface area contributed by atoms with Gasteiger partial charge in [-0.1, -0.05) is 6.42 Å². The third-order valence-corrected chi connectivity index (χ3v) is 3.83. The smallest absolute Gasteiger partial charge is 0.311 e. The summed E-state index contributed by atoms with van der Waals surface area (Å²) in [5, 5.41) is 5.93. The van der Waals surface area contributed by atoms with Crippen LogP contribution in [-0.2, 0) is 9.59 Å². The number of carbonyl (C=O) groups excluding carboxylic acids is 2. The van der Waals surface area contributed by atoms with E-state index in [9.17, 15) is 9.59 Å². The Kier molecular flexibility index (Phi) is 8.66. The van der Waals surface area contributed by atoms with Crippen LogP contribution in [0.4, 0.5) is 0 Å². The molecule has 0 aliphatic carbocycles. The average Bonchev–Trinajstić information content (AvgIpc) is 2.70. The maximum atomic E-state index is 11.9. The maximum Gasteiger partial charge on any atom is 0.311 e. The van der Waals surface area contributed by atoms with Crippen molar-refractivity contribution < 1.29 is 9.59 Å². The lowest BCUT2D eigenvalue weighted by atomic mass is 10.2. The fourth-order valence-electron chi connectivity index (χ4n) is 2.02. The molecule has 0 saturated carbocycles. The monoisotopic (exact) mass is 287 g/mol. The van der Waals surface area contributed by atoms with Gasteiger partial charge in [0, 0.05) is 26.2 Å². The first-order valence-electron chi connectivity index (χ1n) is 7.02. The van der Waals surface area contributed by atoms with Crippen LogP contribution in [0, 0.1) is 0 Å². The highest BCUT2D eigenvalue weighted by Gasteiger charge is 2.21. The normalized spacial score (nSPS) is 15.9. The molecule has 0 radical (unpaired) electrons. The fraction of sp³-hybridized carbons (Fsp3) is 0.846. The van der Waals surface area contributed by atoms with Gasteiger partial charge in [-0.2, -0.15) is 11.8 Å². The van der Waals surface area contributed by atoms with E-state index in [2.05, 4.69) is 16.9 Å². The van der Waals surface area contributed by atoms with Crippen molar-refractivity contribution in [1.29, 1.82) is 0 Å². The van der Waals surface area contributed by atoms with Gasteiger partial charge in [0.1, 0.15) is 0 Å². The van der Waals surface area contributed by atoms with Crippen LogP contribution in [-0.4, -0.2) is 61.4 Å². The number of hydrogen-bond donors (Lipinski definition) is 2. The molecule has 0 bridgehead atoms. The van der Waals surface area contributed by atoms with E-state index in [0.717, 1.165) is 38.1 Å². The zero-order valence-electron chi connectivity index (χ0n) is 11.7. The summed E-state index contributed by atoms with van der Waals surface area (Å²) in [7, 11) is 0. The van der Waals surface area contributed by atoms with E-state index in [0.29, 0.717) is 19.6 Å². The molecule has 1 heterocycles. The molecule has 6 heteroatoms. The van der Waals surface area contributed by atoms with Gasteiger partial charge in [-0.25, -0.2) is 0 Å². The summed E-state index contributed by atoms with van der Waals surface area (Å²) < 4.78 is 0. The third-order valence-electron chi connectivity index (χ3n) is 3.13. The van der Waals surface area contributed by atoms with Crippen molar-refractivity contribution in [1.82, 2.24) is 15.5 Å². The lowest BCUT2D eigenvalue weighted by Crippen LogP contribution is -2.44. The molecule has 2 N–H and O–H groups in total. The molecule has 0 aromatic heterocycles. The minimum atomic E-state index is -0.452. The van der Waals surface area contributed by atoms with Gasteiger partial charge in [-0.15, -0.1) is 0 Å². The summed E-state index contributed by atoms with van der Waals surface area (Å²) in [6.45, 7) is 3.59. The van der Waals surface area contributed by atoms with E-state index in [1.165, 1.54) is 6.42 Å². The average molecular weight is 287 g/mol. The van der Waals surface area contributed by atoms with Crippen molar-refractivity contribution in [3.05, 3.63) is 0 Å². The van der Waals surface area contributed by atoms with Crippen LogP contribution in [0.5, 0.6) is 0 Å². The maximum absolute atomic E-state index is 11.9. The standard InChI is InChI=1S/C13H25N3O2S/c1-19-11-4-2-3-7-15-12(17)13(18)16-9-5-6-14-8-10-16/h14H,2-11H2,1H3,(H,15,17). The van der Waals surface area contributed by atoms with Crippen LogP contribution in [0.1, 0.15) is 25.7 Å². The highest BCUT2D eigenvalue weighted by molar-refractivity contribution is 7.98. The predicted octanol–water partition coefficient (Wildman–Crippen LogP) is 0.458. The highest BCUT2D eigenvalue weighted by atomic mass is 32.2. The molecule has 2 amide bonds. The van der Waals surface area contributed by atoms with Crippen molar-refractivity contribution in [2.45, 2.75) is 25.7 Å². The van der Waals surface area contributed by atoms with Gasteiger partial charge in [0.2, 0.25) is 0 Å². The summed E-state index contributed by atoms with van der Waals surface area (Å²) >= 11 is 1.84. The van der Waals surface area contributed by atoms with Gasteiger partial charge in [0.15, 0.2) is 0 Å². The molecule has 0 aromatic carbocycles. The van der Waals surface area contributed by atoms with Crippen LogP contribution in [0.3, 0.4) is 0 Å². The molecular formula is C13H25N3O2S. The van der Waals surface area contributed by atoms with Gasteiger partial charge < -0.3 is 15.5 Å². The molecule has 0 spiro atoms. The van der Waals surface area contributed by atoms with Crippen molar-refractivity contribution in [2.24, 2.45) is 0 Å². The zero-order chi connectivity index (χ0) is 13.9. The third kappa shape index (κ3) is 6.82. The summed E-state index contributed by atoms with van der Waals surface area (Å²) in [5.41, 5.74) is 0. The van der Waals surface area contributed by atoms with E-state index in [4.69, 9.17) is 0 Å². The first kappa shape index (κ1) is 16.3. The van der Waals surface area contributed by atoms with Gasteiger partial charge in [0.25, 0.3) is 0 Å². The van der Waals surface area contributed by atoms with Gasteiger partial charge >= 0.3 is 11.8 Å². The number of nitrogens with one attached hydrogen (secondary N) is 2. The second kappa shape index (κ2) is 10.1. The molecular weight excluding hydrogens is 262 g/mol. The van der Waals surface area contributed by atoms with E-state index < -0.39 is 5.91 Å². The topological polar surface area (TPSA) is 61.4 Å². The van der Waals surface area contributed by atoms with Gasteiger partial charge in [-0.3, -0.25) is 9.59 Å². The minimum absolute atomic E-state index is 0.382. The Labute approximate surface area is 119 Å². The summed E-state index contributed by atoms with van der Waals surface area (Å²) in [5.74, 6) is 0.327.